The molecule has 0 unspecified atom stereocenters. The molecular formula is C13H15ClF3NO3. The highest BCUT2D eigenvalue weighted by molar-refractivity contribution is 6.30. The lowest BCUT2D eigenvalue weighted by Crippen LogP contribution is -2.21. The standard InChI is InChI=1S/C11H14ClNO.C2HF3O2/c12-10-3-4-11(14)9(7-10)8-13-5-1-2-6-13;3-2(4,5)1(6)7/h3-4,7,14H,1-2,5-6,8H2;(H,6,7). The van der Waals surface area contributed by atoms with Crippen molar-refractivity contribution < 1.29 is 28.2 Å². The minimum atomic E-state index is -5.08. The van der Waals surface area contributed by atoms with Gasteiger partial charge in [-0.15, -0.1) is 0 Å². The second-order valence-electron chi connectivity index (χ2n) is 4.56. The highest BCUT2D eigenvalue weighted by Crippen LogP contribution is 2.24. The number of aromatic hydroxyl groups is 1. The fraction of sp³-hybridized carbons (Fsp3) is 0.462. The number of carboxylic acid groups (broad SMARTS) is 1. The molecule has 1 fully saturated rings. The van der Waals surface area contributed by atoms with E-state index in [0.29, 0.717) is 10.8 Å². The first kappa shape index (κ1) is 17.6. The summed E-state index contributed by atoms with van der Waals surface area (Å²) in [6.07, 6.45) is -2.55. The number of aliphatic carboxylic acids is 1. The summed E-state index contributed by atoms with van der Waals surface area (Å²) < 4.78 is 31.7. The molecule has 118 valence electrons. The molecule has 0 aliphatic carbocycles. The first-order valence-electron chi connectivity index (χ1n) is 6.20. The summed E-state index contributed by atoms with van der Waals surface area (Å²) in [5.41, 5.74) is 0.930. The first-order valence-corrected chi connectivity index (χ1v) is 6.58. The number of likely N-dealkylation sites (tertiary alicyclic amines) is 1. The van der Waals surface area contributed by atoms with Gasteiger partial charge in [-0.05, 0) is 44.1 Å². The molecule has 2 N–H and O–H groups in total. The lowest BCUT2D eigenvalue weighted by atomic mass is 10.2. The molecule has 8 heteroatoms. The van der Waals surface area contributed by atoms with Crippen LogP contribution in [-0.4, -0.2) is 40.3 Å². The summed E-state index contributed by atoms with van der Waals surface area (Å²) >= 11 is 5.87. The summed E-state index contributed by atoms with van der Waals surface area (Å²) in [6, 6.07) is 5.22. The average molecular weight is 326 g/mol. The van der Waals surface area contributed by atoms with Gasteiger partial charge in [0, 0.05) is 17.1 Å². The predicted octanol–water partition coefficient (Wildman–Crippen LogP) is 3.27. The topological polar surface area (TPSA) is 60.8 Å². The minimum absolute atomic E-state index is 0.348. The molecule has 1 aromatic rings. The monoisotopic (exact) mass is 325 g/mol. The van der Waals surface area contributed by atoms with Gasteiger partial charge in [-0.25, -0.2) is 4.79 Å². The third kappa shape index (κ3) is 6.22. The normalized spacial score (nSPS) is 15.4. The van der Waals surface area contributed by atoms with E-state index in [-0.39, 0.29) is 0 Å². The van der Waals surface area contributed by atoms with Crippen LogP contribution in [-0.2, 0) is 11.3 Å². The van der Waals surface area contributed by atoms with Crippen LogP contribution in [0.15, 0.2) is 18.2 Å². The maximum absolute atomic E-state index is 10.6. The Kier molecular flexibility index (Phi) is 6.29. The highest BCUT2D eigenvalue weighted by Gasteiger charge is 2.38. The van der Waals surface area contributed by atoms with Crippen LogP contribution >= 0.6 is 11.6 Å². The van der Waals surface area contributed by atoms with Gasteiger partial charge in [0.2, 0.25) is 0 Å². The average Bonchev–Trinajstić information content (AvgIpc) is 2.86. The maximum Gasteiger partial charge on any atom is 0.490 e. The number of carbonyl (C=O) groups is 1. The molecule has 0 saturated carbocycles. The van der Waals surface area contributed by atoms with E-state index in [4.69, 9.17) is 21.5 Å². The molecule has 0 atom stereocenters. The number of nitrogens with zero attached hydrogens (tertiary/aromatic N) is 1. The van der Waals surface area contributed by atoms with E-state index in [0.717, 1.165) is 25.2 Å². The quantitative estimate of drug-likeness (QED) is 0.876. The molecule has 1 aliphatic heterocycles. The van der Waals surface area contributed by atoms with Crippen LogP contribution in [0.2, 0.25) is 5.02 Å². The van der Waals surface area contributed by atoms with Gasteiger partial charge in [0.15, 0.2) is 0 Å². The first-order chi connectivity index (χ1) is 9.70. The zero-order chi connectivity index (χ0) is 16.0. The Bertz CT molecular complexity index is 488. The van der Waals surface area contributed by atoms with Gasteiger partial charge in [0.25, 0.3) is 0 Å². The summed E-state index contributed by atoms with van der Waals surface area (Å²) in [5.74, 6) is -2.41. The van der Waals surface area contributed by atoms with Crippen LogP contribution in [0, 0.1) is 0 Å². The molecule has 0 aromatic heterocycles. The van der Waals surface area contributed by atoms with E-state index in [1.807, 2.05) is 6.07 Å². The van der Waals surface area contributed by atoms with E-state index in [1.165, 1.54) is 12.8 Å². The van der Waals surface area contributed by atoms with Crippen molar-refractivity contribution in [1.82, 2.24) is 4.90 Å². The Balaban J connectivity index is 0.000000270. The number of phenolic OH excluding ortho intramolecular Hbond substituents is 1. The largest absolute Gasteiger partial charge is 0.508 e. The second-order valence-corrected chi connectivity index (χ2v) is 5.00. The Labute approximate surface area is 124 Å². The van der Waals surface area contributed by atoms with Gasteiger partial charge < -0.3 is 10.2 Å². The Morgan fingerprint density at radius 1 is 1.29 bits per heavy atom. The molecule has 0 spiro atoms. The lowest BCUT2D eigenvalue weighted by Gasteiger charge is -2.15. The molecule has 0 radical (unpaired) electrons. The van der Waals surface area contributed by atoms with Crippen molar-refractivity contribution in [3.63, 3.8) is 0 Å². The number of phenols is 1. The summed E-state index contributed by atoms with van der Waals surface area (Å²) in [7, 11) is 0. The predicted molar refractivity (Wildman–Crippen MR) is 71.3 cm³/mol. The van der Waals surface area contributed by atoms with Gasteiger partial charge in [-0.3, -0.25) is 4.90 Å². The minimum Gasteiger partial charge on any atom is -0.508 e. The molecule has 1 saturated heterocycles. The van der Waals surface area contributed by atoms with Crippen molar-refractivity contribution in [2.45, 2.75) is 25.6 Å². The molecule has 0 bridgehead atoms. The van der Waals surface area contributed by atoms with Crippen molar-refractivity contribution in [1.29, 1.82) is 0 Å². The fourth-order valence-corrected chi connectivity index (χ4v) is 2.06. The van der Waals surface area contributed by atoms with Crippen LogP contribution in [0.5, 0.6) is 5.75 Å². The van der Waals surface area contributed by atoms with E-state index in [1.54, 1.807) is 12.1 Å². The van der Waals surface area contributed by atoms with Crippen LogP contribution in [0.4, 0.5) is 13.2 Å². The van der Waals surface area contributed by atoms with Crippen LogP contribution in [0.1, 0.15) is 18.4 Å². The van der Waals surface area contributed by atoms with Crippen LogP contribution in [0.3, 0.4) is 0 Å². The third-order valence-electron chi connectivity index (χ3n) is 2.88. The number of halogens is 4. The number of hydrogen-bond acceptors (Lipinski definition) is 3. The number of rotatable bonds is 2. The van der Waals surface area contributed by atoms with Crippen molar-refractivity contribution in [2.24, 2.45) is 0 Å². The van der Waals surface area contributed by atoms with Crippen LogP contribution < -0.4 is 0 Å². The highest BCUT2D eigenvalue weighted by atomic mass is 35.5. The molecule has 1 heterocycles. The Hall–Kier alpha value is -1.47. The number of alkyl halides is 3. The number of hydrogen-bond donors (Lipinski definition) is 2. The van der Waals surface area contributed by atoms with Crippen molar-refractivity contribution in [3.05, 3.63) is 28.8 Å². The zero-order valence-electron chi connectivity index (χ0n) is 11.0. The molecule has 0 amide bonds. The van der Waals surface area contributed by atoms with Gasteiger partial charge in [-0.1, -0.05) is 11.6 Å². The Morgan fingerprint density at radius 3 is 2.29 bits per heavy atom. The van der Waals surface area contributed by atoms with E-state index in [2.05, 4.69) is 4.90 Å². The van der Waals surface area contributed by atoms with Crippen molar-refractivity contribution >= 4 is 17.6 Å². The van der Waals surface area contributed by atoms with Crippen molar-refractivity contribution in [2.75, 3.05) is 13.1 Å². The molecule has 1 aromatic carbocycles. The van der Waals surface area contributed by atoms with E-state index in [9.17, 15) is 18.3 Å². The molecule has 2 rings (SSSR count). The van der Waals surface area contributed by atoms with Crippen molar-refractivity contribution in [3.8, 4) is 5.75 Å². The number of carboxylic acids is 1. The maximum atomic E-state index is 10.6. The zero-order valence-corrected chi connectivity index (χ0v) is 11.8. The molecular weight excluding hydrogens is 311 g/mol. The summed E-state index contributed by atoms with van der Waals surface area (Å²) in [6.45, 7) is 3.07. The fourth-order valence-electron chi connectivity index (χ4n) is 1.86. The summed E-state index contributed by atoms with van der Waals surface area (Å²) in [5, 5.41) is 17.4. The Morgan fingerprint density at radius 2 is 1.81 bits per heavy atom. The van der Waals surface area contributed by atoms with E-state index >= 15 is 0 Å². The van der Waals surface area contributed by atoms with Gasteiger partial charge >= 0.3 is 12.1 Å². The second kappa shape index (κ2) is 7.51. The molecule has 1 aliphatic rings. The smallest absolute Gasteiger partial charge is 0.490 e. The lowest BCUT2D eigenvalue weighted by molar-refractivity contribution is -0.192. The van der Waals surface area contributed by atoms with Gasteiger partial charge in [-0.2, -0.15) is 13.2 Å². The molecule has 21 heavy (non-hydrogen) atoms. The molecule has 4 nitrogen and oxygen atoms in total. The summed E-state index contributed by atoms with van der Waals surface area (Å²) in [4.78, 5) is 11.2. The SMILES string of the molecule is O=C(O)C(F)(F)F.Oc1ccc(Cl)cc1CN1CCCC1. The van der Waals surface area contributed by atoms with Gasteiger partial charge in [0.05, 0.1) is 0 Å². The number of benzene rings is 1. The van der Waals surface area contributed by atoms with Crippen LogP contribution in [0.25, 0.3) is 0 Å². The van der Waals surface area contributed by atoms with Gasteiger partial charge in [0.1, 0.15) is 5.75 Å². The third-order valence-corrected chi connectivity index (χ3v) is 3.11. The van der Waals surface area contributed by atoms with E-state index < -0.39 is 12.1 Å².